The Hall–Kier alpha value is -1.19. The van der Waals surface area contributed by atoms with E-state index in [1.807, 2.05) is 27.7 Å². The summed E-state index contributed by atoms with van der Waals surface area (Å²) in [5.41, 5.74) is -1.11. The zero-order valence-corrected chi connectivity index (χ0v) is 19.8. The van der Waals surface area contributed by atoms with Crippen molar-refractivity contribution in [2.24, 2.45) is 17.8 Å². The molecule has 3 aliphatic rings. The number of halogens is 1. The van der Waals surface area contributed by atoms with Crippen molar-refractivity contribution >= 4 is 33.7 Å². The molecule has 3 fully saturated rings. The molecule has 0 aromatic carbocycles. The van der Waals surface area contributed by atoms with Gasteiger partial charge in [-0.2, -0.15) is 0 Å². The van der Waals surface area contributed by atoms with Crippen LogP contribution < -0.4 is 5.32 Å². The van der Waals surface area contributed by atoms with Crippen LogP contribution >= 0.6 is 15.9 Å². The predicted molar refractivity (Wildman–Crippen MR) is 113 cm³/mol. The molecule has 0 aromatic heterocycles. The summed E-state index contributed by atoms with van der Waals surface area (Å²) in [6, 6.07) is -1.56. The highest BCUT2D eigenvalue weighted by Gasteiger charge is 2.77. The van der Waals surface area contributed by atoms with Crippen molar-refractivity contribution in [2.45, 2.75) is 82.1 Å². The van der Waals surface area contributed by atoms with Crippen molar-refractivity contribution in [3.05, 3.63) is 0 Å². The summed E-state index contributed by atoms with van der Waals surface area (Å²) in [5.74, 6) is -2.44. The highest BCUT2D eigenvalue weighted by atomic mass is 79.9. The average Bonchev–Trinajstić information content (AvgIpc) is 3.22. The van der Waals surface area contributed by atoms with Crippen molar-refractivity contribution in [2.75, 3.05) is 13.2 Å². The summed E-state index contributed by atoms with van der Waals surface area (Å²) in [5, 5.41) is 13.0. The third-order valence-electron chi connectivity index (χ3n) is 6.31. The van der Waals surface area contributed by atoms with E-state index in [1.54, 1.807) is 6.92 Å². The number of aliphatic hydroxyl groups is 1. The van der Waals surface area contributed by atoms with Crippen molar-refractivity contribution in [1.29, 1.82) is 0 Å². The Morgan fingerprint density at radius 1 is 1.37 bits per heavy atom. The number of nitrogens with one attached hydrogen (secondary N) is 1. The third-order valence-corrected chi connectivity index (χ3v) is 7.16. The van der Waals surface area contributed by atoms with Crippen molar-refractivity contribution < 1.29 is 29.0 Å². The molecule has 0 saturated carbocycles. The van der Waals surface area contributed by atoms with E-state index in [-0.39, 0.29) is 41.8 Å². The zero-order valence-electron chi connectivity index (χ0n) is 18.3. The fourth-order valence-electron chi connectivity index (χ4n) is 5.45. The Morgan fingerprint density at radius 2 is 2.03 bits per heavy atom. The highest BCUT2D eigenvalue weighted by Crippen LogP contribution is 2.60. The number of esters is 1. The monoisotopic (exact) mass is 488 g/mol. The van der Waals surface area contributed by atoms with Crippen LogP contribution in [-0.4, -0.2) is 75.7 Å². The van der Waals surface area contributed by atoms with Gasteiger partial charge in [-0.3, -0.25) is 14.4 Å². The SMILES string of the molecule is CCOC(=O)[C@H]1[C@@H]2OC3(CC2Br)C(C(=O)NC(C)C)N([C@@H](CO)CC(C)C)C(=O)[C@H]13. The lowest BCUT2D eigenvalue weighted by Crippen LogP contribution is -2.59. The van der Waals surface area contributed by atoms with Gasteiger partial charge in [0.15, 0.2) is 0 Å². The Labute approximate surface area is 186 Å². The first-order valence-electron chi connectivity index (χ1n) is 10.8. The number of amides is 2. The molecule has 2 N–H and O–H groups in total. The molecular formula is C21H33BrN2O6. The molecule has 170 valence electrons. The van der Waals surface area contributed by atoms with Gasteiger partial charge in [0, 0.05) is 10.9 Å². The van der Waals surface area contributed by atoms with Crippen molar-refractivity contribution in [1.82, 2.24) is 10.2 Å². The van der Waals surface area contributed by atoms with Crippen LogP contribution in [0.2, 0.25) is 0 Å². The summed E-state index contributed by atoms with van der Waals surface area (Å²) in [6.45, 7) is 9.38. The van der Waals surface area contributed by atoms with E-state index in [0.29, 0.717) is 12.8 Å². The van der Waals surface area contributed by atoms with Gasteiger partial charge in [0.2, 0.25) is 11.8 Å². The first kappa shape index (κ1) is 23.5. The first-order chi connectivity index (χ1) is 14.1. The molecule has 9 heteroatoms. The van der Waals surface area contributed by atoms with E-state index in [0.717, 1.165) is 0 Å². The Balaban J connectivity index is 2.08. The van der Waals surface area contributed by atoms with Crippen LogP contribution in [0.1, 0.15) is 47.5 Å². The number of ether oxygens (including phenoxy) is 2. The summed E-state index contributed by atoms with van der Waals surface area (Å²) >= 11 is 3.60. The Bertz CT molecular complexity index is 701. The average molecular weight is 489 g/mol. The molecule has 3 heterocycles. The molecule has 2 bridgehead atoms. The Morgan fingerprint density at radius 3 is 2.57 bits per heavy atom. The molecular weight excluding hydrogens is 456 g/mol. The van der Waals surface area contributed by atoms with Crippen LogP contribution in [0.15, 0.2) is 0 Å². The van der Waals surface area contributed by atoms with E-state index in [2.05, 4.69) is 21.2 Å². The number of rotatable bonds is 8. The van der Waals surface area contributed by atoms with Crippen LogP contribution in [0, 0.1) is 17.8 Å². The number of alkyl halides is 1. The van der Waals surface area contributed by atoms with Gasteiger partial charge in [0.1, 0.15) is 11.6 Å². The molecule has 0 aliphatic carbocycles. The van der Waals surface area contributed by atoms with Crippen LogP contribution in [0.5, 0.6) is 0 Å². The fourth-order valence-corrected chi connectivity index (χ4v) is 6.39. The van der Waals surface area contributed by atoms with Gasteiger partial charge < -0.3 is 24.8 Å². The highest BCUT2D eigenvalue weighted by molar-refractivity contribution is 9.09. The van der Waals surface area contributed by atoms with Crippen LogP contribution in [0.3, 0.4) is 0 Å². The normalized spacial score (nSPS) is 35.8. The second-order valence-electron chi connectivity index (χ2n) is 9.29. The van der Waals surface area contributed by atoms with E-state index in [9.17, 15) is 19.5 Å². The van der Waals surface area contributed by atoms with Gasteiger partial charge in [-0.05, 0) is 39.5 Å². The molecule has 1 spiro atoms. The van der Waals surface area contributed by atoms with Gasteiger partial charge in [-0.15, -0.1) is 0 Å². The number of fused-ring (bicyclic) bond motifs is 1. The molecule has 3 aliphatic heterocycles. The van der Waals surface area contributed by atoms with Crippen LogP contribution in [-0.2, 0) is 23.9 Å². The van der Waals surface area contributed by atoms with Crippen molar-refractivity contribution in [3.8, 4) is 0 Å². The van der Waals surface area contributed by atoms with Gasteiger partial charge in [0.25, 0.3) is 0 Å². The third kappa shape index (κ3) is 3.66. The number of nitrogens with zero attached hydrogens (tertiary/aromatic N) is 1. The lowest BCUT2D eigenvalue weighted by atomic mass is 9.70. The molecule has 0 aromatic rings. The lowest BCUT2D eigenvalue weighted by Gasteiger charge is -2.37. The molecule has 7 atom stereocenters. The molecule has 3 rings (SSSR count). The minimum Gasteiger partial charge on any atom is -0.466 e. The summed E-state index contributed by atoms with van der Waals surface area (Å²) in [6.07, 6.45) is 0.463. The minimum absolute atomic E-state index is 0.123. The molecule has 0 radical (unpaired) electrons. The number of aliphatic hydroxyl groups excluding tert-OH is 1. The molecule has 8 nitrogen and oxygen atoms in total. The predicted octanol–water partition coefficient (Wildman–Crippen LogP) is 1.23. The topological polar surface area (TPSA) is 105 Å². The largest absolute Gasteiger partial charge is 0.466 e. The van der Waals surface area contributed by atoms with Gasteiger partial charge in [-0.1, -0.05) is 29.8 Å². The van der Waals surface area contributed by atoms with Gasteiger partial charge in [-0.25, -0.2) is 0 Å². The number of carbonyl (C=O) groups is 3. The van der Waals surface area contributed by atoms with Crippen LogP contribution in [0.25, 0.3) is 0 Å². The molecule has 2 amide bonds. The van der Waals surface area contributed by atoms with E-state index in [1.165, 1.54) is 4.90 Å². The molecule has 30 heavy (non-hydrogen) atoms. The second-order valence-corrected chi connectivity index (χ2v) is 10.5. The first-order valence-corrected chi connectivity index (χ1v) is 11.7. The van der Waals surface area contributed by atoms with E-state index >= 15 is 0 Å². The maximum atomic E-state index is 13.7. The summed E-state index contributed by atoms with van der Waals surface area (Å²) < 4.78 is 11.6. The van der Waals surface area contributed by atoms with Crippen molar-refractivity contribution in [3.63, 3.8) is 0 Å². The summed E-state index contributed by atoms with van der Waals surface area (Å²) in [7, 11) is 0. The quantitative estimate of drug-likeness (QED) is 0.393. The van der Waals surface area contributed by atoms with E-state index < -0.39 is 41.6 Å². The summed E-state index contributed by atoms with van der Waals surface area (Å²) in [4.78, 5) is 41.2. The molecule has 3 unspecified atom stereocenters. The zero-order chi connectivity index (χ0) is 22.4. The number of likely N-dealkylation sites (tertiary alicyclic amines) is 1. The maximum absolute atomic E-state index is 13.7. The maximum Gasteiger partial charge on any atom is 0.312 e. The Kier molecular flexibility index (Phi) is 6.84. The standard InChI is InChI=1S/C21H33BrN2O6/c1-6-29-20(28)14-15-19(27)24(12(9-25)7-10(2)3)17(18(26)23-11(4)5)21(15)8-13(22)16(14)30-21/h10-17,25H,6-9H2,1-5H3,(H,23,26)/t12-,13?,14-,15+,16-,17?,21?/m1/s1. The molecule has 3 saturated heterocycles. The number of hydrogen-bond donors (Lipinski definition) is 2. The second kappa shape index (κ2) is 8.74. The van der Waals surface area contributed by atoms with E-state index in [4.69, 9.17) is 9.47 Å². The lowest BCUT2D eigenvalue weighted by molar-refractivity contribution is -0.155. The minimum atomic E-state index is -1.11. The van der Waals surface area contributed by atoms with Gasteiger partial charge >= 0.3 is 5.97 Å². The smallest absolute Gasteiger partial charge is 0.312 e. The van der Waals surface area contributed by atoms with Gasteiger partial charge in [0.05, 0.1) is 37.2 Å². The number of carbonyl (C=O) groups excluding carboxylic acids is 3. The van der Waals surface area contributed by atoms with Crippen LogP contribution in [0.4, 0.5) is 0 Å². The fraction of sp³-hybridized carbons (Fsp3) is 0.857. The number of hydrogen-bond acceptors (Lipinski definition) is 6.